The van der Waals surface area contributed by atoms with Crippen molar-refractivity contribution in [3.05, 3.63) is 124 Å². The van der Waals surface area contributed by atoms with Gasteiger partial charge in [-0.1, -0.05) is 77.8 Å². The van der Waals surface area contributed by atoms with Gasteiger partial charge in [-0.05, 0) is 93.3 Å². The molecular formula is C45H55Cl2N4O9P. The van der Waals surface area contributed by atoms with Crippen molar-refractivity contribution in [1.29, 1.82) is 5.26 Å². The van der Waals surface area contributed by atoms with Gasteiger partial charge in [0, 0.05) is 23.7 Å². The van der Waals surface area contributed by atoms with Gasteiger partial charge in [-0.15, -0.1) is 0 Å². The van der Waals surface area contributed by atoms with E-state index in [1.165, 1.54) is 6.07 Å². The van der Waals surface area contributed by atoms with Crippen LogP contribution in [0.25, 0.3) is 0 Å². The quantitative estimate of drug-likeness (QED) is 0.0284. The highest BCUT2D eigenvalue weighted by atomic mass is 35.5. The van der Waals surface area contributed by atoms with Gasteiger partial charge in [0.05, 0.1) is 58.1 Å². The van der Waals surface area contributed by atoms with Crippen LogP contribution < -0.4 is 24.8 Å². The maximum absolute atomic E-state index is 13.4. The van der Waals surface area contributed by atoms with Gasteiger partial charge in [0.2, 0.25) is 0 Å². The number of nitriles is 1. The van der Waals surface area contributed by atoms with E-state index in [0.717, 1.165) is 16.7 Å². The summed E-state index contributed by atoms with van der Waals surface area (Å²) in [6.07, 6.45) is -0.236. The standard InChI is InChI=1S/C45H55Cl2N4O9P/c1-32(2)51(33(3)4)61(58-26-10-24-48)59-27-11-25-49-44(53)50-29-40(60-43(52)31-56-42-23-18-37(46)28-41(42)47)30-57-45(34-12-8-7-9-13-34,35-14-19-38(54-5)20-15-35)36-16-21-39(55-6)22-17-36/h7-9,12-23,28,32-33,40H,10-11,25-27,29-31H2,1-6H3,(H2,49,50,53). The van der Waals surface area contributed by atoms with E-state index in [1.54, 1.807) is 26.4 Å². The minimum absolute atomic E-state index is 0.109. The number of amides is 2. The number of methoxy groups -OCH3 is 2. The lowest BCUT2D eigenvalue weighted by molar-refractivity contribution is -0.156. The summed E-state index contributed by atoms with van der Waals surface area (Å²) in [5.74, 6) is 0.852. The fourth-order valence-electron chi connectivity index (χ4n) is 6.37. The molecule has 0 aliphatic carbocycles. The van der Waals surface area contributed by atoms with E-state index in [4.69, 9.17) is 61.2 Å². The Morgan fingerprint density at radius 2 is 1.39 bits per heavy atom. The van der Waals surface area contributed by atoms with Gasteiger partial charge in [0.1, 0.15) is 29.0 Å². The highest BCUT2D eigenvalue weighted by Crippen LogP contribution is 2.46. The van der Waals surface area contributed by atoms with Crippen molar-refractivity contribution in [2.75, 3.05) is 53.7 Å². The van der Waals surface area contributed by atoms with E-state index in [9.17, 15) is 9.59 Å². The first-order valence-corrected chi connectivity index (χ1v) is 21.8. The molecule has 2 N–H and O–H groups in total. The Labute approximate surface area is 370 Å². The van der Waals surface area contributed by atoms with Crippen molar-refractivity contribution in [3.8, 4) is 23.3 Å². The zero-order valence-electron chi connectivity index (χ0n) is 35.4. The molecule has 0 radical (unpaired) electrons. The third kappa shape index (κ3) is 14.8. The maximum Gasteiger partial charge on any atom is 0.344 e. The monoisotopic (exact) mass is 896 g/mol. The highest BCUT2D eigenvalue weighted by Gasteiger charge is 2.39. The van der Waals surface area contributed by atoms with Gasteiger partial charge in [0.25, 0.3) is 8.53 Å². The summed E-state index contributed by atoms with van der Waals surface area (Å²) in [5, 5.41) is 15.3. The summed E-state index contributed by atoms with van der Waals surface area (Å²) in [7, 11) is 1.79. The van der Waals surface area contributed by atoms with Crippen LogP contribution in [0.15, 0.2) is 97.1 Å². The van der Waals surface area contributed by atoms with Crippen LogP contribution in [0.5, 0.6) is 17.2 Å². The smallest absolute Gasteiger partial charge is 0.344 e. The van der Waals surface area contributed by atoms with Crippen molar-refractivity contribution >= 4 is 43.7 Å². The van der Waals surface area contributed by atoms with Crippen LogP contribution in [0, 0.1) is 11.3 Å². The van der Waals surface area contributed by atoms with Crippen molar-refractivity contribution in [2.24, 2.45) is 0 Å². The maximum atomic E-state index is 13.4. The lowest BCUT2D eigenvalue weighted by atomic mass is 9.80. The molecule has 2 unspecified atom stereocenters. The molecule has 0 saturated carbocycles. The van der Waals surface area contributed by atoms with E-state index < -0.39 is 38.8 Å². The van der Waals surface area contributed by atoms with E-state index in [1.807, 2.05) is 78.9 Å². The average Bonchev–Trinajstić information content (AvgIpc) is 3.25. The summed E-state index contributed by atoms with van der Waals surface area (Å²) in [4.78, 5) is 26.5. The molecule has 4 aromatic carbocycles. The molecule has 0 bridgehead atoms. The third-order valence-electron chi connectivity index (χ3n) is 9.16. The van der Waals surface area contributed by atoms with Gasteiger partial charge in [0.15, 0.2) is 6.61 Å². The number of hydrogen-bond donors (Lipinski definition) is 2. The molecule has 4 aromatic rings. The Balaban J connectivity index is 1.53. The number of carbonyl (C=O) groups is 2. The van der Waals surface area contributed by atoms with Gasteiger partial charge in [-0.2, -0.15) is 5.26 Å². The predicted octanol–water partition coefficient (Wildman–Crippen LogP) is 9.29. The number of nitrogens with zero attached hydrogens (tertiary/aromatic N) is 2. The van der Waals surface area contributed by atoms with Crippen molar-refractivity contribution in [3.63, 3.8) is 0 Å². The molecule has 0 aliphatic heterocycles. The number of nitrogens with one attached hydrogen (secondary N) is 2. The zero-order valence-corrected chi connectivity index (χ0v) is 37.8. The first-order chi connectivity index (χ1) is 29.4. The number of urea groups is 1. The van der Waals surface area contributed by atoms with Gasteiger partial charge in [-0.25, -0.2) is 14.3 Å². The molecule has 13 nitrogen and oxygen atoms in total. The fraction of sp³-hybridized carbons (Fsp3) is 0.400. The molecular weight excluding hydrogens is 842 g/mol. The van der Waals surface area contributed by atoms with Crippen LogP contribution in [-0.4, -0.2) is 88.6 Å². The van der Waals surface area contributed by atoms with E-state index >= 15 is 0 Å². The predicted molar refractivity (Wildman–Crippen MR) is 237 cm³/mol. The number of hydrogen-bond acceptors (Lipinski definition) is 11. The minimum atomic E-state index is -1.41. The Hall–Kier alpha value is -4.64. The van der Waals surface area contributed by atoms with Gasteiger partial charge in [-0.3, -0.25) is 0 Å². The molecule has 2 amide bonds. The average molecular weight is 898 g/mol. The van der Waals surface area contributed by atoms with Crippen molar-refractivity contribution in [1.82, 2.24) is 15.3 Å². The van der Waals surface area contributed by atoms with Crippen LogP contribution in [0.2, 0.25) is 10.0 Å². The topological polar surface area (TPSA) is 150 Å². The minimum Gasteiger partial charge on any atom is -0.497 e. The molecule has 4 rings (SSSR count). The second kappa shape index (κ2) is 25.3. The normalized spacial score (nSPS) is 12.4. The molecule has 61 heavy (non-hydrogen) atoms. The van der Waals surface area contributed by atoms with Gasteiger partial charge < -0.3 is 43.4 Å². The van der Waals surface area contributed by atoms with E-state index in [-0.39, 0.29) is 49.0 Å². The number of carbonyl (C=O) groups excluding carboxylic acids is 2. The Bertz CT molecular complexity index is 1930. The third-order valence-corrected chi connectivity index (χ3v) is 11.8. The molecule has 0 aromatic heterocycles. The SMILES string of the molecule is COc1ccc(C(OCC(CNC(=O)NCCCOP(OCCC#N)N(C(C)C)C(C)C)OC(=O)COc2ccc(Cl)cc2Cl)(c2ccccc2)c2ccc(OC)cc2)cc1. The molecule has 0 heterocycles. The highest BCUT2D eigenvalue weighted by molar-refractivity contribution is 7.44. The Kier molecular flexibility index (Phi) is 20.4. The van der Waals surface area contributed by atoms with Crippen molar-refractivity contribution in [2.45, 2.75) is 64.3 Å². The molecule has 0 saturated heterocycles. The van der Waals surface area contributed by atoms with Crippen LogP contribution in [-0.2, 0) is 28.9 Å². The van der Waals surface area contributed by atoms with Crippen molar-refractivity contribution < 1.29 is 42.3 Å². The number of ether oxygens (including phenoxy) is 5. The van der Waals surface area contributed by atoms with Crippen LogP contribution in [0.4, 0.5) is 4.79 Å². The Morgan fingerprint density at radius 1 is 0.803 bits per heavy atom. The molecule has 0 aliphatic rings. The zero-order chi connectivity index (χ0) is 44.2. The number of rotatable bonds is 25. The number of benzene rings is 4. The second-order valence-corrected chi connectivity index (χ2v) is 16.5. The second-order valence-electron chi connectivity index (χ2n) is 14.2. The number of esters is 1. The molecule has 0 spiro atoms. The van der Waals surface area contributed by atoms with Crippen LogP contribution >= 0.6 is 31.7 Å². The molecule has 328 valence electrons. The Morgan fingerprint density at radius 3 is 1.95 bits per heavy atom. The first-order valence-electron chi connectivity index (χ1n) is 19.9. The summed E-state index contributed by atoms with van der Waals surface area (Å²) in [6, 6.07) is 31.3. The van der Waals surface area contributed by atoms with Crippen LogP contribution in [0.1, 0.15) is 57.2 Å². The lowest BCUT2D eigenvalue weighted by Gasteiger charge is -2.37. The number of halogens is 2. The fourth-order valence-corrected chi connectivity index (χ4v) is 8.47. The summed E-state index contributed by atoms with van der Waals surface area (Å²) in [5.41, 5.74) is 1.12. The summed E-state index contributed by atoms with van der Waals surface area (Å²) in [6.45, 7) is 8.39. The molecule has 2 atom stereocenters. The first kappa shape index (κ1) is 49.0. The molecule has 16 heteroatoms. The molecule has 0 fully saturated rings. The summed E-state index contributed by atoms with van der Waals surface area (Å²) < 4.78 is 43.8. The van der Waals surface area contributed by atoms with E-state index in [0.29, 0.717) is 36.1 Å². The largest absolute Gasteiger partial charge is 0.497 e. The van der Waals surface area contributed by atoms with Crippen LogP contribution in [0.3, 0.4) is 0 Å². The summed E-state index contributed by atoms with van der Waals surface area (Å²) >= 11 is 12.3. The van der Waals surface area contributed by atoms with Gasteiger partial charge >= 0.3 is 12.0 Å². The van der Waals surface area contributed by atoms with E-state index in [2.05, 4.69) is 49.1 Å². The lowest BCUT2D eigenvalue weighted by Crippen LogP contribution is -2.45.